The van der Waals surface area contributed by atoms with Gasteiger partial charge in [-0.3, -0.25) is 0 Å². The van der Waals surface area contributed by atoms with Crippen LogP contribution in [0.5, 0.6) is 0 Å². The third-order valence-electron chi connectivity index (χ3n) is 2.71. The smallest absolute Gasteiger partial charge is 0.127 e. The van der Waals surface area contributed by atoms with E-state index >= 15 is 0 Å². The maximum absolute atomic E-state index is 5.63. The summed E-state index contributed by atoms with van der Waals surface area (Å²) in [6.07, 6.45) is 2.50. The highest BCUT2D eigenvalue weighted by atomic mass is 79.9. The van der Waals surface area contributed by atoms with Crippen molar-refractivity contribution in [2.45, 2.75) is 38.8 Å². The highest BCUT2D eigenvalue weighted by Crippen LogP contribution is 2.33. The van der Waals surface area contributed by atoms with Crippen molar-refractivity contribution >= 4 is 15.9 Å². The molecule has 0 saturated carbocycles. The first-order valence-electron chi connectivity index (χ1n) is 4.69. The van der Waals surface area contributed by atoms with Gasteiger partial charge in [-0.2, -0.15) is 0 Å². The molecule has 2 rings (SSSR count). The van der Waals surface area contributed by atoms with E-state index in [0.717, 1.165) is 17.0 Å². The second-order valence-electron chi connectivity index (χ2n) is 3.60. The molecule has 0 amide bonds. The van der Waals surface area contributed by atoms with Gasteiger partial charge in [-0.05, 0) is 34.7 Å². The average molecular weight is 244 g/mol. The molecule has 2 N–H and O–H groups in total. The molecule has 0 saturated heterocycles. The molecule has 0 aliphatic carbocycles. The Balaban J connectivity index is 2.51. The lowest BCUT2D eigenvalue weighted by Crippen LogP contribution is -2.17. The molecule has 3 nitrogen and oxygen atoms in total. The molecule has 4 heteroatoms. The first-order chi connectivity index (χ1) is 6.24. The number of hydrogen-bond donors (Lipinski definition) is 1. The molecule has 0 spiro atoms. The van der Waals surface area contributed by atoms with Crippen molar-refractivity contribution in [3.63, 3.8) is 0 Å². The minimum Gasteiger partial charge on any atom is -0.330 e. The number of nitrogens with zero attached hydrogens (tertiary/aromatic N) is 2. The van der Waals surface area contributed by atoms with Gasteiger partial charge in [0, 0.05) is 6.54 Å². The number of nitrogens with two attached hydrogens (primary N) is 1. The van der Waals surface area contributed by atoms with Gasteiger partial charge in [0.2, 0.25) is 0 Å². The second-order valence-corrected chi connectivity index (χ2v) is 4.35. The fraction of sp³-hybridized carbons (Fsp3) is 0.667. The predicted octanol–water partition coefficient (Wildman–Crippen LogP) is 2.00. The topological polar surface area (TPSA) is 43.8 Å². The van der Waals surface area contributed by atoms with Gasteiger partial charge in [0.1, 0.15) is 10.4 Å². The molecule has 1 aliphatic heterocycles. The van der Waals surface area contributed by atoms with Crippen LogP contribution < -0.4 is 5.73 Å². The van der Waals surface area contributed by atoms with Crippen LogP contribution in [-0.2, 0) is 13.1 Å². The van der Waals surface area contributed by atoms with Gasteiger partial charge in [0.25, 0.3) is 0 Å². The molecule has 0 aromatic carbocycles. The van der Waals surface area contributed by atoms with E-state index in [1.54, 1.807) is 0 Å². The minimum atomic E-state index is 0.533. The first-order valence-corrected chi connectivity index (χ1v) is 5.48. The predicted molar refractivity (Wildman–Crippen MR) is 55.5 cm³/mol. The number of rotatable bonds is 1. The lowest BCUT2D eigenvalue weighted by molar-refractivity contribution is 0.462. The van der Waals surface area contributed by atoms with Crippen molar-refractivity contribution in [2.24, 2.45) is 5.73 Å². The molecule has 1 unspecified atom stereocenters. The highest BCUT2D eigenvalue weighted by Gasteiger charge is 2.22. The van der Waals surface area contributed by atoms with Crippen LogP contribution >= 0.6 is 15.9 Å². The zero-order valence-corrected chi connectivity index (χ0v) is 9.34. The summed E-state index contributed by atoms with van der Waals surface area (Å²) in [6.45, 7) is 3.86. The second kappa shape index (κ2) is 3.42. The van der Waals surface area contributed by atoms with Crippen LogP contribution in [0.2, 0.25) is 0 Å². The fourth-order valence-corrected chi connectivity index (χ4v) is 2.86. The van der Waals surface area contributed by atoms with Crippen molar-refractivity contribution in [1.29, 1.82) is 0 Å². The van der Waals surface area contributed by atoms with E-state index in [1.807, 2.05) is 0 Å². The Morgan fingerprint density at radius 3 is 3.15 bits per heavy atom. The van der Waals surface area contributed by atoms with Crippen molar-refractivity contribution in [3.05, 3.63) is 16.1 Å². The third-order valence-corrected chi connectivity index (χ3v) is 3.29. The van der Waals surface area contributed by atoms with E-state index < -0.39 is 0 Å². The Morgan fingerprint density at radius 1 is 1.69 bits per heavy atom. The van der Waals surface area contributed by atoms with Crippen LogP contribution in [0.25, 0.3) is 0 Å². The third kappa shape index (κ3) is 1.42. The molecule has 1 aliphatic rings. The summed E-state index contributed by atoms with van der Waals surface area (Å²) in [5.41, 5.74) is 6.95. The molecule has 13 heavy (non-hydrogen) atoms. The maximum atomic E-state index is 5.63. The van der Waals surface area contributed by atoms with Crippen LogP contribution in [0.3, 0.4) is 0 Å². The van der Waals surface area contributed by atoms with E-state index in [0.29, 0.717) is 12.5 Å². The minimum absolute atomic E-state index is 0.533. The number of aromatic nitrogens is 2. The summed E-state index contributed by atoms with van der Waals surface area (Å²) in [6, 6.07) is 0. The van der Waals surface area contributed by atoms with E-state index in [9.17, 15) is 0 Å². The number of imidazole rings is 1. The SMILES string of the molecule is CC1CCCn2c(CN)nc(Br)c21. The van der Waals surface area contributed by atoms with Gasteiger partial charge in [0.05, 0.1) is 12.2 Å². The molecule has 72 valence electrons. The summed E-state index contributed by atoms with van der Waals surface area (Å²) in [5.74, 6) is 1.62. The molecule has 1 aromatic rings. The largest absolute Gasteiger partial charge is 0.330 e. The summed E-state index contributed by atoms with van der Waals surface area (Å²) < 4.78 is 3.25. The summed E-state index contributed by atoms with van der Waals surface area (Å²) in [7, 11) is 0. The van der Waals surface area contributed by atoms with Gasteiger partial charge < -0.3 is 10.3 Å². The van der Waals surface area contributed by atoms with Crippen LogP contribution in [0, 0.1) is 0 Å². The molecule has 0 bridgehead atoms. The lowest BCUT2D eigenvalue weighted by atomic mass is 9.99. The quantitative estimate of drug-likeness (QED) is 0.821. The highest BCUT2D eigenvalue weighted by molar-refractivity contribution is 9.10. The molecule has 0 radical (unpaired) electrons. The number of halogens is 1. The van der Waals surface area contributed by atoms with E-state index in [1.165, 1.54) is 18.5 Å². The van der Waals surface area contributed by atoms with Crippen molar-refractivity contribution < 1.29 is 0 Å². The maximum Gasteiger partial charge on any atom is 0.127 e. The molecule has 1 atom stereocenters. The molecular formula is C9H14BrN3. The zero-order valence-electron chi connectivity index (χ0n) is 7.76. The van der Waals surface area contributed by atoms with Gasteiger partial charge in [-0.25, -0.2) is 4.98 Å². The zero-order chi connectivity index (χ0) is 9.42. The normalized spacial score (nSPS) is 21.6. The van der Waals surface area contributed by atoms with Crippen LogP contribution in [-0.4, -0.2) is 9.55 Å². The van der Waals surface area contributed by atoms with E-state index in [4.69, 9.17) is 5.73 Å². The summed E-state index contributed by atoms with van der Waals surface area (Å²) in [5, 5.41) is 0. The Hall–Kier alpha value is -0.350. The van der Waals surface area contributed by atoms with Gasteiger partial charge in [-0.15, -0.1) is 0 Å². The van der Waals surface area contributed by atoms with Crippen molar-refractivity contribution in [3.8, 4) is 0 Å². The van der Waals surface area contributed by atoms with E-state index in [2.05, 4.69) is 32.4 Å². The first kappa shape index (κ1) is 9.21. The Labute approximate surface area is 86.5 Å². The molecule has 2 heterocycles. The van der Waals surface area contributed by atoms with Gasteiger partial charge >= 0.3 is 0 Å². The van der Waals surface area contributed by atoms with Gasteiger partial charge in [-0.1, -0.05) is 6.92 Å². The number of hydrogen-bond acceptors (Lipinski definition) is 2. The molecule has 0 fully saturated rings. The molecular weight excluding hydrogens is 230 g/mol. The lowest BCUT2D eigenvalue weighted by Gasteiger charge is -2.22. The van der Waals surface area contributed by atoms with Crippen LogP contribution in [0.15, 0.2) is 4.60 Å². The van der Waals surface area contributed by atoms with Gasteiger partial charge in [0.15, 0.2) is 0 Å². The number of fused-ring (bicyclic) bond motifs is 1. The Bertz CT molecular complexity index is 319. The van der Waals surface area contributed by atoms with Crippen LogP contribution in [0.4, 0.5) is 0 Å². The standard InChI is InChI=1S/C9H14BrN3/c1-6-3-2-4-13-7(5-11)12-9(10)8(6)13/h6H,2-5,11H2,1H3. The van der Waals surface area contributed by atoms with Crippen molar-refractivity contribution in [1.82, 2.24) is 9.55 Å². The molecule has 1 aromatic heterocycles. The Morgan fingerprint density at radius 2 is 2.46 bits per heavy atom. The Kier molecular flexibility index (Phi) is 2.43. The van der Waals surface area contributed by atoms with Crippen molar-refractivity contribution in [2.75, 3.05) is 0 Å². The monoisotopic (exact) mass is 243 g/mol. The van der Waals surface area contributed by atoms with E-state index in [-0.39, 0.29) is 0 Å². The summed E-state index contributed by atoms with van der Waals surface area (Å²) >= 11 is 3.50. The summed E-state index contributed by atoms with van der Waals surface area (Å²) in [4.78, 5) is 4.42. The average Bonchev–Trinajstić information content (AvgIpc) is 2.44. The fourth-order valence-electron chi connectivity index (χ4n) is 2.05. The van der Waals surface area contributed by atoms with Crippen LogP contribution in [0.1, 0.15) is 37.2 Å².